The Morgan fingerprint density at radius 3 is 1.22 bits per heavy atom. The normalized spacial score (nSPS) is 18.8. The smallest absolute Gasteiger partial charge is 0.0355 e. The van der Waals surface area contributed by atoms with Crippen molar-refractivity contribution in [3.63, 3.8) is 0 Å². The molecule has 1 saturated carbocycles. The van der Waals surface area contributed by atoms with Gasteiger partial charge in [-0.15, -0.1) is 0 Å². The standard InChI is InChI=1S/C14H28.2C5H12.C3H8/c1-5-7-8-13(11(3)4)14-10-9-12(14)6-2;2*1-3-5-4-2;1-3-2/h11-14H,5-10H2,1-4H3;2*3-5H2,1-2H3;3H2,1-2H3. The van der Waals surface area contributed by atoms with Gasteiger partial charge in [0.05, 0.1) is 0 Å². The van der Waals surface area contributed by atoms with Crippen molar-refractivity contribution in [2.45, 2.75) is 153 Å². The second-order valence-electron chi connectivity index (χ2n) is 8.87. The molecule has 0 heterocycles. The summed E-state index contributed by atoms with van der Waals surface area (Å²) in [4.78, 5) is 0. The molecule has 0 radical (unpaired) electrons. The van der Waals surface area contributed by atoms with Gasteiger partial charge in [0, 0.05) is 0 Å². The fourth-order valence-electron chi connectivity index (χ4n) is 3.85. The molecular formula is C27H60. The molecule has 0 nitrogen and oxygen atoms in total. The van der Waals surface area contributed by atoms with Crippen LogP contribution in [-0.4, -0.2) is 0 Å². The summed E-state index contributed by atoms with van der Waals surface area (Å²) in [5, 5.41) is 0. The highest BCUT2D eigenvalue weighted by Gasteiger charge is 2.36. The first-order chi connectivity index (χ1) is 12.9. The largest absolute Gasteiger partial charge is 0.0656 e. The average Bonchev–Trinajstić information content (AvgIpc) is 2.61. The topological polar surface area (TPSA) is 0 Å². The van der Waals surface area contributed by atoms with E-state index in [1.54, 1.807) is 0 Å². The Hall–Kier alpha value is 0. The van der Waals surface area contributed by atoms with E-state index in [1.165, 1.54) is 83.5 Å². The van der Waals surface area contributed by atoms with Crippen LogP contribution in [-0.2, 0) is 0 Å². The van der Waals surface area contributed by atoms with Crippen molar-refractivity contribution >= 4 is 0 Å². The molecule has 0 aromatic heterocycles. The van der Waals surface area contributed by atoms with Gasteiger partial charge in [0.25, 0.3) is 0 Å². The number of rotatable bonds is 10. The van der Waals surface area contributed by atoms with Gasteiger partial charge in [0.15, 0.2) is 0 Å². The summed E-state index contributed by atoms with van der Waals surface area (Å²) in [5.41, 5.74) is 0. The van der Waals surface area contributed by atoms with E-state index in [0.29, 0.717) is 0 Å². The second-order valence-corrected chi connectivity index (χ2v) is 8.87. The van der Waals surface area contributed by atoms with E-state index in [4.69, 9.17) is 0 Å². The van der Waals surface area contributed by atoms with E-state index < -0.39 is 0 Å². The summed E-state index contributed by atoms with van der Waals surface area (Å²) >= 11 is 0. The molecular weight excluding hydrogens is 324 g/mol. The molecule has 1 aliphatic rings. The summed E-state index contributed by atoms with van der Waals surface area (Å²) in [5.74, 6) is 4.07. The monoisotopic (exact) mass is 384 g/mol. The van der Waals surface area contributed by atoms with Gasteiger partial charge in [-0.3, -0.25) is 0 Å². The van der Waals surface area contributed by atoms with Gasteiger partial charge < -0.3 is 0 Å². The number of hydrogen-bond acceptors (Lipinski definition) is 0. The molecule has 0 aromatic carbocycles. The molecule has 1 aliphatic carbocycles. The van der Waals surface area contributed by atoms with Crippen LogP contribution in [0.15, 0.2) is 0 Å². The fourth-order valence-corrected chi connectivity index (χ4v) is 3.85. The lowest BCUT2D eigenvalue weighted by atomic mass is 9.62. The van der Waals surface area contributed by atoms with E-state index >= 15 is 0 Å². The van der Waals surface area contributed by atoms with Crippen molar-refractivity contribution in [3.8, 4) is 0 Å². The van der Waals surface area contributed by atoms with Crippen LogP contribution >= 0.6 is 0 Å². The van der Waals surface area contributed by atoms with Gasteiger partial charge in [0.2, 0.25) is 0 Å². The van der Waals surface area contributed by atoms with Crippen molar-refractivity contribution < 1.29 is 0 Å². The van der Waals surface area contributed by atoms with Gasteiger partial charge in [-0.05, 0) is 42.9 Å². The maximum Gasteiger partial charge on any atom is -0.0355 e. The molecule has 0 amide bonds. The summed E-state index contributed by atoms with van der Waals surface area (Å²) in [6.45, 7) is 22.6. The number of hydrogen-bond donors (Lipinski definition) is 0. The maximum atomic E-state index is 2.42. The third-order valence-electron chi connectivity index (χ3n) is 5.71. The minimum Gasteiger partial charge on any atom is -0.0656 e. The third kappa shape index (κ3) is 20.5. The van der Waals surface area contributed by atoms with Crippen LogP contribution in [0.5, 0.6) is 0 Å². The second kappa shape index (κ2) is 26.0. The Kier molecular flexibility index (Phi) is 30.5. The Bertz CT molecular complexity index is 218. The highest BCUT2D eigenvalue weighted by Crippen LogP contribution is 2.45. The first-order valence-electron chi connectivity index (χ1n) is 12.9. The molecule has 0 saturated heterocycles. The Labute approximate surface area is 176 Å². The molecule has 0 heteroatoms. The minimum absolute atomic E-state index is 0.904. The lowest BCUT2D eigenvalue weighted by molar-refractivity contribution is 0.0656. The van der Waals surface area contributed by atoms with Crippen LogP contribution in [0.25, 0.3) is 0 Å². The molecule has 27 heavy (non-hydrogen) atoms. The Morgan fingerprint density at radius 1 is 0.630 bits per heavy atom. The first-order valence-corrected chi connectivity index (χ1v) is 12.9. The summed E-state index contributed by atoms with van der Waals surface area (Å²) < 4.78 is 0. The first kappa shape index (κ1) is 31.7. The van der Waals surface area contributed by atoms with Gasteiger partial charge in [0.1, 0.15) is 0 Å². The van der Waals surface area contributed by atoms with Crippen LogP contribution in [0.4, 0.5) is 0 Å². The highest BCUT2D eigenvalue weighted by atomic mass is 14.4. The van der Waals surface area contributed by atoms with E-state index in [2.05, 4.69) is 69.2 Å². The van der Waals surface area contributed by atoms with E-state index in [-0.39, 0.29) is 0 Å². The van der Waals surface area contributed by atoms with Crippen molar-refractivity contribution in [1.29, 1.82) is 0 Å². The quantitative estimate of drug-likeness (QED) is 0.351. The zero-order valence-corrected chi connectivity index (χ0v) is 21.5. The van der Waals surface area contributed by atoms with Crippen LogP contribution in [0.1, 0.15) is 153 Å². The zero-order chi connectivity index (χ0) is 21.5. The van der Waals surface area contributed by atoms with Crippen LogP contribution < -0.4 is 0 Å². The molecule has 1 rings (SSSR count). The minimum atomic E-state index is 0.904. The molecule has 1 fully saturated rings. The summed E-state index contributed by atoms with van der Waals surface area (Å²) in [6.07, 6.45) is 18.1. The molecule has 0 aliphatic heterocycles. The third-order valence-corrected chi connectivity index (χ3v) is 5.71. The molecule has 3 atom stereocenters. The maximum absolute atomic E-state index is 2.42. The molecule has 3 unspecified atom stereocenters. The van der Waals surface area contributed by atoms with Gasteiger partial charge in [-0.1, -0.05) is 133 Å². The predicted molar refractivity (Wildman–Crippen MR) is 131 cm³/mol. The van der Waals surface area contributed by atoms with Crippen molar-refractivity contribution in [2.75, 3.05) is 0 Å². The number of unbranched alkanes of at least 4 members (excludes halogenated alkanes) is 5. The van der Waals surface area contributed by atoms with E-state index in [9.17, 15) is 0 Å². The van der Waals surface area contributed by atoms with Crippen molar-refractivity contribution in [2.24, 2.45) is 23.7 Å². The van der Waals surface area contributed by atoms with E-state index in [0.717, 1.165) is 23.7 Å². The fraction of sp³-hybridized carbons (Fsp3) is 1.00. The van der Waals surface area contributed by atoms with Gasteiger partial charge >= 0.3 is 0 Å². The molecule has 0 aromatic rings. The van der Waals surface area contributed by atoms with Crippen molar-refractivity contribution in [1.82, 2.24) is 0 Å². The van der Waals surface area contributed by atoms with Crippen LogP contribution in [0.2, 0.25) is 0 Å². The lowest BCUT2D eigenvalue weighted by Crippen LogP contribution is -2.34. The summed E-state index contributed by atoms with van der Waals surface area (Å²) in [6, 6.07) is 0. The van der Waals surface area contributed by atoms with E-state index in [1.807, 2.05) is 0 Å². The molecule has 0 bridgehead atoms. The van der Waals surface area contributed by atoms with Gasteiger partial charge in [-0.2, -0.15) is 0 Å². The Balaban J connectivity index is -0.000000366. The van der Waals surface area contributed by atoms with Crippen molar-refractivity contribution in [3.05, 3.63) is 0 Å². The predicted octanol–water partition coefficient (Wildman–Crippen LogP) is 10.7. The molecule has 0 N–H and O–H groups in total. The SMILES string of the molecule is CCC.CCCCC.CCCCC.CCCCC(C(C)C)C1CCC1CC. The highest BCUT2D eigenvalue weighted by molar-refractivity contribution is 4.86. The Morgan fingerprint density at radius 2 is 1.04 bits per heavy atom. The van der Waals surface area contributed by atoms with Gasteiger partial charge in [-0.25, -0.2) is 0 Å². The summed E-state index contributed by atoms with van der Waals surface area (Å²) in [7, 11) is 0. The average molecular weight is 385 g/mol. The van der Waals surface area contributed by atoms with Crippen LogP contribution in [0.3, 0.4) is 0 Å². The molecule has 168 valence electrons. The zero-order valence-electron chi connectivity index (χ0n) is 21.5. The molecule has 0 spiro atoms. The van der Waals surface area contributed by atoms with Crippen LogP contribution in [0, 0.1) is 23.7 Å². The lowest BCUT2D eigenvalue weighted by Gasteiger charge is -2.43.